The molecule has 3 amide bonds. The van der Waals surface area contributed by atoms with Gasteiger partial charge in [0, 0.05) is 32.9 Å². The lowest BCUT2D eigenvalue weighted by molar-refractivity contribution is -0.149. The molecule has 0 aliphatic carbocycles. The molecule has 3 aromatic carbocycles. The smallest absolute Gasteiger partial charge is 0.330 e. The van der Waals surface area contributed by atoms with Crippen LogP contribution in [0.4, 0.5) is 4.79 Å². The van der Waals surface area contributed by atoms with Gasteiger partial charge in [-0.3, -0.25) is 9.59 Å². The van der Waals surface area contributed by atoms with Gasteiger partial charge in [0.25, 0.3) is 0 Å². The first-order valence-corrected chi connectivity index (χ1v) is 16.8. The zero-order valence-electron chi connectivity index (χ0n) is 28.9. The number of urea groups is 1. The molecule has 9 heteroatoms. The molecule has 9 nitrogen and oxygen atoms in total. The summed E-state index contributed by atoms with van der Waals surface area (Å²) in [6, 6.07) is 26.4. The van der Waals surface area contributed by atoms with Crippen molar-refractivity contribution in [2.75, 3.05) is 26.2 Å². The number of carbonyl (C=O) groups excluding carboxylic acids is 3. The minimum Gasteiger partial charge on any atom is -0.479 e. The van der Waals surface area contributed by atoms with Gasteiger partial charge in [-0.25, -0.2) is 9.59 Å². The van der Waals surface area contributed by atoms with E-state index in [-0.39, 0.29) is 44.4 Å². The maximum Gasteiger partial charge on any atom is 0.330 e. The number of amides is 3. The Morgan fingerprint density at radius 3 is 1.85 bits per heavy atom. The van der Waals surface area contributed by atoms with Crippen LogP contribution in [0.1, 0.15) is 58.6 Å². The minimum absolute atomic E-state index is 0.0230. The molecule has 0 radical (unpaired) electrons. The van der Waals surface area contributed by atoms with Gasteiger partial charge >= 0.3 is 18.0 Å². The van der Waals surface area contributed by atoms with Crippen molar-refractivity contribution in [3.05, 3.63) is 96.1 Å². The van der Waals surface area contributed by atoms with Crippen LogP contribution in [0.25, 0.3) is 11.1 Å². The van der Waals surface area contributed by atoms with Crippen molar-refractivity contribution in [3.8, 4) is 11.1 Å². The van der Waals surface area contributed by atoms with E-state index in [1.165, 1.54) is 6.92 Å². The highest BCUT2D eigenvalue weighted by atomic mass is 16.5. The first-order valence-electron chi connectivity index (χ1n) is 16.8. The lowest BCUT2D eigenvalue weighted by Crippen LogP contribution is -2.61. The van der Waals surface area contributed by atoms with E-state index in [1.807, 2.05) is 98.8 Å². The van der Waals surface area contributed by atoms with Crippen LogP contribution in [0.5, 0.6) is 0 Å². The molecule has 0 fully saturated rings. The van der Waals surface area contributed by atoms with Crippen LogP contribution >= 0.6 is 0 Å². The number of rotatable bonds is 18. The summed E-state index contributed by atoms with van der Waals surface area (Å²) in [6.07, 6.45) is 1.36. The number of nitrogens with zero attached hydrogens (tertiary/aromatic N) is 1. The molecule has 0 aliphatic heterocycles. The highest BCUT2D eigenvalue weighted by Crippen LogP contribution is 2.25. The second kappa shape index (κ2) is 18.6. The van der Waals surface area contributed by atoms with E-state index < -0.39 is 29.4 Å². The van der Waals surface area contributed by atoms with Crippen LogP contribution in [0.3, 0.4) is 0 Å². The molecular formula is C39H51N3O6. The summed E-state index contributed by atoms with van der Waals surface area (Å²) in [4.78, 5) is 53.5. The van der Waals surface area contributed by atoms with Crippen molar-refractivity contribution in [1.82, 2.24) is 15.5 Å². The molecule has 258 valence electrons. The van der Waals surface area contributed by atoms with Crippen molar-refractivity contribution in [2.24, 2.45) is 17.8 Å². The quantitative estimate of drug-likeness (QED) is 0.108. The predicted octanol–water partition coefficient (Wildman–Crippen LogP) is 6.36. The van der Waals surface area contributed by atoms with Gasteiger partial charge in [0.15, 0.2) is 0 Å². The first kappa shape index (κ1) is 37.8. The fourth-order valence-corrected chi connectivity index (χ4v) is 5.64. The Labute approximate surface area is 285 Å². The van der Waals surface area contributed by atoms with Crippen LogP contribution in [0.2, 0.25) is 0 Å². The Kier molecular flexibility index (Phi) is 14.7. The Bertz CT molecular complexity index is 1460. The molecule has 0 spiro atoms. The van der Waals surface area contributed by atoms with E-state index in [0.717, 1.165) is 28.7 Å². The van der Waals surface area contributed by atoms with Gasteiger partial charge in [-0.15, -0.1) is 0 Å². The lowest BCUT2D eigenvalue weighted by atomic mass is 9.84. The summed E-state index contributed by atoms with van der Waals surface area (Å²) < 4.78 is 5.51. The van der Waals surface area contributed by atoms with Gasteiger partial charge in [-0.2, -0.15) is 0 Å². The number of carboxylic acids is 1. The Morgan fingerprint density at radius 1 is 0.750 bits per heavy atom. The standard InChI is InChI=1S/C39H51N3O6/c1-28(2)16-19-35(36(44)48-23-22-40-30(5)43)27-42(26-29(3)4)38(47)41-39(37(45)46,24-31-12-8-6-9-13-31)25-32-17-20-34(21-18-32)33-14-10-7-11-15-33/h6-15,17-18,20-21,28-29,35H,16,19,22-27H2,1-5H3,(H,40,43)(H,41,47)(H,45,46)/t35?,39-/m0/s1. The Morgan fingerprint density at radius 2 is 1.31 bits per heavy atom. The molecule has 3 N–H and O–H groups in total. The van der Waals surface area contributed by atoms with E-state index in [2.05, 4.69) is 24.5 Å². The Hall–Kier alpha value is -4.66. The molecule has 0 aromatic heterocycles. The number of esters is 1. The fourth-order valence-electron chi connectivity index (χ4n) is 5.64. The summed E-state index contributed by atoms with van der Waals surface area (Å²) in [5.41, 5.74) is 1.92. The molecule has 0 saturated carbocycles. The molecule has 0 aliphatic rings. The Balaban J connectivity index is 1.92. The second-order valence-electron chi connectivity index (χ2n) is 13.3. The number of nitrogens with one attached hydrogen (secondary N) is 2. The lowest BCUT2D eigenvalue weighted by Gasteiger charge is -2.35. The number of carbonyl (C=O) groups is 4. The van der Waals surface area contributed by atoms with Gasteiger partial charge in [-0.1, -0.05) is 119 Å². The normalized spacial score (nSPS) is 13.0. The van der Waals surface area contributed by atoms with Gasteiger partial charge in [0.1, 0.15) is 12.1 Å². The molecule has 0 bridgehead atoms. The highest BCUT2D eigenvalue weighted by molar-refractivity contribution is 5.87. The monoisotopic (exact) mass is 657 g/mol. The summed E-state index contributed by atoms with van der Waals surface area (Å²) in [5, 5.41) is 16.4. The molecule has 0 heterocycles. The number of benzene rings is 3. The van der Waals surface area contributed by atoms with Crippen molar-refractivity contribution in [3.63, 3.8) is 0 Å². The number of hydrogen-bond donors (Lipinski definition) is 3. The fraction of sp³-hybridized carbons (Fsp3) is 0.436. The maximum absolute atomic E-state index is 14.2. The summed E-state index contributed by atoms with van der Waals surface area (Å²) >= 11 is 0. The zero-order chi connectivity index (χ0) is 35.1. The first-order chi connectivity index (χ1) is 22.9. The average Bonchev–Trinajstić information content (AvgIpc) is 3.05. The maximum atomic E-state index is 14.2. The van der Waals surface area contributed by atoms with Crippen molar-refractivity contribution in [1.29, 1.82) is 0 Å². The molecule has 3 rings (SSSR count). The number of ether oxygens (including phenoxy) is 1. The van der Waals surface area contributed by atoms with Crippen molar-refractivity contribution in [2.45, 2.75) is 65.8 Å². The number of aliphatic carboxylic acids is 1. The number of hydrogen-bond acceptors (Lipinski definition) is 5. The molecule has 0 saturated heterocycles. The van der Waals surface area contributed by atoms with E-state index in [1.54, 1.807) is 4.90 Å². The predicted molar refractivity (Wildman–Crippen MR) is 188 cm³/mol. The zero-order valence-corrected chi connectivity index (χ0v) is 28.9. The van der Waals surface area contributed by atoms with Gasteiger partial charge < -0.3 is 25.4 Å². The van der Waals surface area contributed by atoms with E-state index in [0.29, 0.717) is 18.9 Å². The molecule has 3 aromatic rings. The highest BCUT2D eigenvalue weighted by Gasteiger charge is 2.42. The van der Waals surface area contributed by atoms with Gasteiger partial charge in [0.2, 0.25) is 5.91 Å². The van der Waals surface area contributed by atoms with Crippen LogP contribution in [-0.2, 0) is 32.0 Å². The van der Waals surface area contributed by atoms with Crippen LogP contribution in [-0.4, -0.2) is 65.7 Å². The third kappa shape index (κ3) is 12.2. The van der Waals surface area contributed by atoms with Crippen molar-refractivity contribution < 1.29 is 29.0 Å². The third-order valence-electron chi connectivity index (χ3n) is 8.13. The van der Waals surface area contributed by atoms with E-state index in [4.69, 9.17) is 4.74 Å². The molecular weight excluding hydrogens is 606 g/mol. The van der Waals surface area contributed by atoms with Gasteiger partial charge in [0.05, 0.1) is 12.5 Å². The van der Waals surface area contributed by atoms with Crippen molar-refractivity contribution >= 4 is 23.9 Å². The molecule has 1 unspecified atom stereocenters. The van der Waals surface area contributed by atoms with E-state index in [9.17, 15) is 24.3 Å². The third-order valence-corrected chi connectivity index (χ3v) is 8.13. The average molecular weight is 658 g/mol. The summed E-state index contributed by atoms with van der Waals surface area (Å²) in [7, 11) is 0. The second-order valence-corrected chi connectivity index (χ2v) is 13.3. The molecule has 2 atom stereocenters. The summed E-state index contributed by atoms with van der Waals surface area (Å²) in [5.74, 6) is -2.05. The van der Waals surface area contributed by atoms with E-state index >= 15 is 0 Å². The SMILES string of the molecule is CC(=O)NCCOC(=O)C(CCC(C)C)CN(CC(C)C)C(=O)N[C@@](Cc1ccccc1)(Cc1ccc(-c2ccccc2)cc1)C(=O)O. The van der Waals surface area contributed by atoms with Crippen LogP contribution in [0, 0.1) is 17.8 Å². The topological polar surface area (TPSA) is 125 Å². The summed E-state index contributed by atoms with van der Waals surface area (Å²) in [6.45, 7) is 10.1. The minimum atomic E-state index is -1.67. The van der Waals surface area contributed by atoms with Gasteiger partial charge in [-0.05, 0) is 40.5 Å². The van der Waals surface area contributed by atoms with Crippen LogP contribution in [0.15, 0.2) is 84.9 Å². The largest absolute Gasteiger partial charge is 0.479 e. The number of carboxylic acid groups (broad SMARTS) is 1. The molecule has 48 heavy (non-hydrogen) atoms. The van der Waals surface area contributed by atoms with Crippen LogP contribution < -0.4 is 10.6 Å².